The Labute approximate surface area is 301 Å². The fourth-order valence-corrected chi connectivity index (χ4v) is 7.06. The van der Waals surface area contributed by atoms with E-state index >= 15 is 8.78 Å². The molecule has 2 N–H and O–H groups in total. The summed E-state index contributed by atoms with van der Waals surface area (Å²) in [5.74, 6) is -1.77. The van der Waals surface area contributed by atoms with Crippen LogP contribution >= 0.6 is 0 Å². The van der Waals surface area contributed by atoms with Gasteiger partial charge in [-0.3, -0.25) is 10.8 Å². The van der Waals surface area contributed by atoms with Gasteiger partial charge in [-0.25, -0.2) is 23.7 Å². The third kappa shape index (κ3) is 5.61. The van der Waals surface area contributed by atoms with Crippen LogP contribution in [0.2, 0.25) is 0 Å². The molecule has 3 aliphatic carbocycles. The first kappa shape index (κ1) is 33.0. The topological polar surface area (TPSA) is 95.6 Å². The minimum Gasteiger partial charge on any atom is -0.424 e. The van der Waals surface area contributed by atoms with E-state index in [1.54, 1.807) is 31.2 Å². The standard InChI is InChI=1S/C44H35F2N5O/c1-42(41(48)52-37(47)29-12-6-3-7-13-29)23-20-28(21-24-42)32-18-19-35-34(26-32)36-27-33(22-25-43(36,2)44(35,45)46)40-50-38(30-14-8-4-9-15-30)49-39(51-40)31-16-10-5-11-17-31/h3-23,26-27,47-48H,24-25H2,1-2H3. The van der Waals surface area contributed by atoms with Crippen molar-refractivity contribution in [2.75, 3.05) is 0 Å². The van der Waals surface area contributed by atoms with Gasteiger partial charge in [0.05, 0.1) is 10.8 Å². The zero-order chi connectivity index (χ0) is 36.1. The van der Waals surface area contributed by atoms with Gasteiger partial charge in [0.15, 0.2) is 23.4 Å². The van der Waals surface area contributed by atoms with Crippen molar-refractivity contribution in [3.8, 4) is 22.8 Å². The molecule has 1 heterocycles. The number of fused-ring (bicyclic) bond motifs is 3. The fourth-order valence-electron chi connectivity index (χ4n) is 7.06. The van der Waals surface area contributed by atoms with Crippen molar-refractivity contribution in [2.45, 2.75) is 32.6 Å². The maximum atomic E-state index is 16.4. The van der Waals surface area contributed by atoms with Gasteiger partial charge < -0.3 is 4.74 Å². The fraction of sp³-hybridized carbons (Fsp3) is 0.159. The van der Waals surface area contributed by atoms with E-state index in [-0.39, 0.29) is 23.8 Å². The molecule has 0 amide bonds. The maximum Gasteiger partial charge on any atom is 0.283 e. The number of rotatable bonds is 6. The summed E-state index contributed by atoms with van der Waals surface area (Å²) < 4.78 is 38.4. The normalized spacial score (nSPS) is 21.3. The third-order valence-corrected chi connectivity index (χ3v) is 10.4. The Hall–Kier alpha value is -6.15. The number of aromatic nitrogens is 3. The van der Waals surface area contributed by atoms with Gasteiger partial charge in [-0.2, -0.15) is 0 Å². The van der Waals surface area contributed by atoms with Crippen molar-refractivity contribution in [1.82, 2.24) is 15.0 Å². The Kier molecular flexibility index (Phi) is 7.98. The second-order valence-electron chi connectivity index (χ2n) is 13.9. The van der Waals surface area contributed by atoms with Crippen molar-refractivity contribution in [1.29, 1.82) is 10.8 Å². The summed E-state index contributed by atoms with van der Waals surface area (Å²) in [7, 11) is 0. The van der Waals surface area contributed by atoms with Crippen LogP contribution in [0.1, 0.15) is 54.8 Å². The van der Waals surface area contributed by atoms with Gasteiger partial charge in [0.1, 0.15) is 0 Å². The minimum absolute atomic E-state index is 0.00470. The molecule has 0 saturated carbocycles. The highest BCUT2D eigenvalue weighted by Gasteiger charge is 2.60. The molecule has 256 valence electrons. The van der Waals surface area contributed by atoms with Crippen LogP contribution < -0.4 is 0 Å². The quantitative estimate of drug-likeness (QED) is 0.137. The van der Waals surface area contributed by atoms with Crippen molar-refractivity contribution in [2.24, 2.45) is 10.8 Å². The molecule has 0 bridgehead atoms. The van der Waals surface area contributed by atoms with Crippen LogP contribution in [0.15, 0.2) is 140 Å². The zero-order valence-corrected chi connectivity index (χ0v) is 28.7. The van der Waals surface area contributed by atoms with E-state index in [2.05, 4.69) is 0 Å². The van der Waals surface area contributed by atoms with Crippen LogP contribution in [0.25, 0.3) is 39.5 Å². The molecule has 0 saturated heterocycles. The monoisotopic (exact) mass is 687 g/mol. The van der Waals surface area contributed by atoms with Crippen LogP contribution in [0.5, 0.6) is 0 Å². The van der Waals surface area contributed by atoms with E-state index in [4.69, 9.17) is 30.5 Å². The molecule has 4 aromatic carbocycles. The van der Waals surface area contributed by atoms with Crippen LogP contribution in [-0.4, -0.2) is 26.7 Å². The van der Waals surface area contributed by atoms with Crippen LogP contribution in [0.4, 0.5) is 8.78 Å². The molecule has 2 atom stereocenters. The highest BCUT2D eigenvalue weighted by atomic mass is 19.3. The first-order chi connectivity index (χ1) is 25.1. The number of benzene rings is 4. The number of alkyl halides is 2. The van der Waals surface area contributed by atoms with E-state index < -0.39 is 16.8 Å². The highest BCUT2D eigenvalue weighted by Crippen LogP contribution is 2.64. The van der Waals surface area contributed by atoms with Gasteiger partial charge in [-0.05, 0) is 73.2 Å². The largest absolute Gasteiger partial charge is 0.424 e. The number of hydrogen-bond donors (Lipinski definition) is 2. The van der Waals surface area contributed by atoms with E-state index in [9.17, 15) is 0 Å². The number of ether oxygens (including phenoxy) is 1. The van der Waals surface area contributed by atoms with Crippen molar-refractivity contribution in [3.05, 3.63) is 168 Å². The van der Waals surface area contributed by atoms with E-state index in [0.717, 1.165) is 22.3 Å². The molecule has 0 fully saturated rings. The molecular formula is C44H35F2N5O. The van der Waals surface area contributed by atoms with E-state index in [1.807, 2.05) is 122 Å². The molecule has 0 radical (unpaired) electrons. The Morgan fingerprint density at radius 2 is 1.25 bits per heavy atom. The number of hydrogen-bond acceptors (Lipinski definition) is 6. The summed E-state index contributed by atoms with van der Waals surface area (Å²) in [5.41, 5.74) is 3.45. The smallest absolute Gasteiger partial charge is 0.283 e. The van der Waals surface area contributed by atoms with Gasteiger partial charge in [-0.15, -0.1) is 0 Å². The minimum atomic E-state index is -3.09. The summed E-state index contributed by atoms with van der Waals surface area (Å²) in [4.78, 5) is 14.5. The second kappa shape index (κ2) is 12.6. The SMILES string of the molecule is CC1(C(=N)OC(=N)c2ccccc2)C=CC(c2ccc3c(c2)C2=CC(c4nc(-c5ccccc5)nc(-c5ccccc5)n4)=CCC2(C)C3(F)F)=CC1. The first-order valence-electron chi connectivity index (χ1n) is 17.2. The third-order valence-electron chi connectivity index (χ3n) is 10.4. The van der Waals surface area contributed by atoms with Crippen molar-refractivity contribution >= 4 is 28.5 Å². The number of allylic oxidation sites excluding steroid dienone is 7. The summed E-state index contributed by atoms with van der Waals surface area (Å²) in [6.07, 6.45) is 10.0. The Balaban J connectivity index is 1.12. The van der Waals surface area contributed by atoms with Crippen LogP contribution in [-0.2, 0) is 10.7 Å². The number of nitrogens with zero attached hydrogens (tertiary/aromatic N) is 3. The van der Waals surface area contributed by atoms with Gasteiger partial charge in [-0.1, -0.05) is 115 Å². The molecule has 8 rings (SSSR count). The average molecular weight is 688 g/mol. The summed E-state index contributed by atoms with van der Waals surface area (Å²) in [6.45, 7) is 3.52. The Bertz CT molecular complexity index is 2310. The molecule has 3 aliphatic rings. The Morgan fingerprint density at radius 3 is 1.85 bits per heavy atom. The van der Waals surface area contributed by atoms with Crippen LogP contribution in [0, 0.1) is 21.6 Å². The molecule has 1 aromatic heterocycles. The molecular weight excluding hydrogens is 653 g/mol. The summed E-state index contributed by atoms with van der Waals surface area (Å²) in [6, 6.07) is 33.5. The van der Waals surface area contributed by atoms with E-state index in [0.29, 0.717) is 46.2 Å². The van der Waals surface area contributed by atoms with E-state index in [1.165, 1.54) is 0 Å². The lowest BCUT2D eigenvalue weighted by molar-refractivity contribution is -0.0832. The predicted octanol–water partition coefficient (Wildman–Crippen LogP) is 10.6. The molecule has 6 nitrogen and oxygen atoms in total. The molecule has 2 unspecified atom stereocenters. The van der Waals surface area contributed by atoms with Crippen molar-refractivity contribution in [3.63, 3.8) is 0 Å². The highest BCUT2D eigenvalue weighted by molar-refractivity contribution is 6.01. The number of nitrogens with one attached hydrogen (secondary N) is 2. The molecule has 52 heavy (non-hydrogen) atoms. The number of halogens is 2. The lowest BCUT2D eigenvalue weighted by Gasteiger charge is -2.34. The molecule has 8 heteroatoms. The first-order valence-corrected chi connectivity index (χ1v) is 17.2. The second-order valence-corrected chi connectivity index (χ2v) is 13.9. The lowest BCUT2D eigenvalue weighted by Crippen LogP contribution is -2.32. The molecule has 5 aromatic rings. The molecule has 0 aliphatic heterocycles. The Morgan fingerprint density at radius 1 is 0.673 bits per heavy atom. The van der Waals surface area contributed by atoms with Crippen LogP contribution in [0.3, 0.4) is 0 Å². The molecule has 0 spiro atoms. The summed E-state index contributed by atoms with van der Waals surface area (Å²) in [5, 5.41) is 17.0. The predicted molar refractivity (Wildman–Crippen MR) is 202 cm³/mol. The van der Waals surface area contributed by atoms with Gasteiger partial charge in [0.25, 0.3) is 5.92 Å². The lowest BCUT2D eigenvalue weighted by atomic mass is 9.73. The zero-order valence-electron chi connectivity index (χ0n) is 28.7. The maximum absolute atomic E-state index is 16.4. The van der Waals surface area contributed by atoms with Gasteiger partial charge in [0, 0.05) is 27.8 Å². The van der Waals surface area contributed by atoms with Crippen molar-refractivity contribution < 1.29 is 13.5 Å². The van der Waals surface area contributed by atoms with Gasteiger partial charge in [0.2, 0.25) is 5.90 Å². The average Bonchev–Trinajstić information content (AvgIpc) is 3.36. The van der Waals surface area contributed by atoms with Gasteiger partial charge >= 0.3 is 0 Å². The summed E-state index contributed by atoms with van der Waals surface area (Å²) >= 11 is 0.